The molecule has 1 aliphatic rings. The van der Waals surface area contributed by atoms with Crippen molar-refractivity contribution in [3.05, 3.63) is 94.2 Å². The summed E-state index contributed by atoms with van der Waals surface area (Å²) in [6, 6.07) is 19.6. The molecule has 12 nitrogen and oxygen atoms in total. The fraction of sp³-hybridized carbons (Fsp3) is 0.214. The summed E-state index contributed by atoms with van der Waals surface area (Å²) in [6.07, 6.45) is 3.74. The summed E-state index contributed by atoms with van der Waals surface area (Å²) in [6.45, 7) is 3.66. The van der Waals surface area contributed by atoms with E-state index in [0.717, 1.165) is 54.8 Å². The molecule has 13 heteroatoms. The zero-order valence-electron chi connectivity index (χ0n) is 22.5. The van der Waals surface area contributed by atoms with Crippen LogP contribution in [-0.2, 0) is 10.0 Å². The Morgan fingerprint density at radius 1 is 1.05 bits per heavy atom. The van der Waals surface area contributed by atoms with E-state index in [1.807, 2.05) is 41.9 Å². The first-order valence-electron chi connectivity index (χ1n) is 12.9. The van der Waals surface area contributed by atoms with Gasteiger partial charge in [0.2, 0.25) is 0 Å². The summed E-state index contributed by atoms with van der Waals surface area (Å²) in [4.78, 5) is 12.7. The summed E-state index contributed by atoms with van der Waals surface area (Å²) in [5, 5.41) is 20.6. The van der Waals surface area contributed by atoms with Crippen LogP contribution in [-0.4, -0.2) is 49.5 Å². The highest BCUT2D eigenvalue weighted by Gasteiger charge is 2.25. The number of anilines is 3. The number of methoxy groups -OCH3 is 1. The van der Waals surface area contributed by atoms with Crippen LogP contribution < -0.4 is 19.8 Å². The van der Waals surface area contributed by atoms with Crippen molar-refractivity contribution in [1.82, 2.24) is 9.78 Å². The second-order valence-electron chi connectivity index (χ2n) is 9.41. The van der Waals surface area contributed by atoms with Gasteiger partial charge in [0.1, 0.15) is 16.5 Å². The summed E-state index contributed by atoms with van der Waals surface area (Å²) in [7, 11) is -2.73. The number of hydrogen-bond donors (Lipinski definition) is 2. The highest BCUT2D eigenvalue weighted by atomic mass is 32.2. The molecule has 212 valence electrons. The summed E-state index contributed by atoms with van der Waals surface area (Å²) in [5.41, 5.74) is 5.20. The first kappa shape index (κ1) is 27.6. The third-order valence-electron chi connectivity index (χ3n) is 6.67. The molecule has 0 unspecified atom stereocenters. The SMILES string of the molecule is COc1ccc(NS(=O)(=O)c2cc([N+](=O)[O-])ccc2N/N=C\c2c(C)nn(-c3ccccc3)c2N2CCCC2)cc1. The van der Waals surface area contributed by atoms with Gasteiger partial charge < -0.3 is 9.64 Å². The topological polar surface area (TPSA) is 144 Å². The molecule has 3 aromatic carbocycles. The predicted molar refractivity (Wildman–Crippen MR) is 158 cm³/mol. The monoisotopic (exact) mass is 575 g/mol. The average Bonchev–Trinajstić information content (AvgIpc) is 3.62. The lowest BCUT2D eigenvalue weighted by Gasteiger charge is -2.20. The van der Waals surface area contributed by atoms with Crippen LogP contribution in [0.5, 0.6) is 5.75 Å². The first-order chi connectivity index (χ1) is 19.8. The van der Waals surface area contributed by atoms with E-state index in [4.69, 9.17) is 9.84 Å². The van der Waals surface area contributed by atoms with E-state index in [0.29, 0.717) is 5.75 Å². The van der Waals surface area contributed by atoms with Crippen LogP contribution in [0.15, 0.2) is 82.8 Å². The van der Waals surface area contributed by atoms with Gasteiger partial charge in [-0.05, 0) is 62.2 Å². The van der Waals surface area contributed by atoms with Crippen LogP contribution in [0.4, 0.5) is 22.9 Å². The number of nitrogens with one attached hydrogen (secondary N) is 2. The lowest BCUT2D eigenvalue weighted by atomic mass is 10.2. The Bertz CT molecular complexity index is 1680. The molecule has 0 atom stereocenters. The number of aryl methyl sites for hydroxylation is 1. The lowest BCUT2D eigenvalue weighted by Crippen LogP contribution is -2.22. The molecular formula is C28H29N7O5S. The largest absolute Gasteiger partial charge is 0.497 e. The summed E-state index contributed by atoms with van der Waals surface area (Å²) in [5.74, 6) is 1.45. The van der Waals surface area contributed by atoms with Crippen LogP contribution in [0.3, 0.4) is 0 Å². The van der Waals surface area contributed by atoms with E-state index in [9.17, 15) is 18.5 Å². The molecule has 0 spiro atoms. The van der Waals surface area contributed by atoms with Gasteiger partial charge in [0.15, 0.2) is 0 Å². The minimum atomic E-state index is -4.23. The smallest absolute Gasteiger partial charge is 0.270 e. The Labute approximate surface area is 237 Å². The van der Waals surface area contributed by atoms with Crippen molar-refractivity contribution in [2.24, 2.45) is 5.10 Å². The minimum absolute atomic E-state index is 0.0729. The number of hydrazone groups is 1. The fourth-order valence-corrected chi connectivity index (χ4v) is 5.87. The molecule has 1 fully saturated rings. The van der Waals surface area contributed by atoms with Gasteiger partial charge in [0, 0.05) is 30.9 Å². The molecule has 1 aliphatic heterocycles. The van der Waals surface area contributed by atoms with Crippen molar-refractivity contribution in [3.63, 3.8) is 0 Å². The van der Waals surface area contributed by atoms with Crippen LogP contribution in [0, 0.1) is 17.0 Å². The first-order valence-corrected chi connectivity index (χ1v) is 14.4. The predicted octanol–water partition coefficient (Wildman–Crippen LogP) is 4.94. The van der Waals surface area contributed by atoms with E-state index in [1.54, 1.807) is 18.3 Å². The second kappa shape index (κ2) is 11.7. The average molecular weight is 576 g/mol. The zero-order chi connectivity index (χ0) is 29.0. The van der Waals surface area contributed by atoms with Gasteiger partial charge >= 0.3 is 0 Å². The maximum absolute atomic E-state index is 13.4. The number of hydrogen-bond acceptors (Lipinski definition) is 9. The summed E-state index contributed by atoms with van der Waals surface area (Å²) >= 11 is 0. The van der Waals surface area contributed by atoms with E-state index in [2.05, 4.69) is 20.1 Å². The Kier molecular flexibility index (Phi) is 7.88. The maximum Gasteiger partial charge on any atom is 0.270 e. The standard InChI is InChI=1S/C28H29N7O5S/c1-20-25(28(33-16-6-7-17-33)34(31-20)22-8-4-3-5-9-22)19-29-30-26-15-12-23(35(36)37)18-27(26)41(38,39)32-21-10-13-24(40-2)14-11-21/h3-5,8-15,18-19,30,32H,6-7,16-17H2,1-2H3/b29-19-. The van der Waals surface area contributed by atoms with Gasteiger partial charge in [-0.1, -0.05) is 18.2 Å². The molecule has 0 amide bonds. The van der Waals surface area contributed by atoms with Gasteiger partial charge in [-0.15, -0.1) is 0 Å². The number of nitrogens with zero attached hydrogens (tertiary/aromatic N) is 5. The van der Waals surface area contributed by atoms with Gasteiger partial charge in [-0.2, -0.15) is 10.2 Å². The van der Waals surface area contributed by atoms with Crippen LogP contribution in [0.1, 0.15) is 24.1 Å². The normalized spacial score (nSPS) is 13.5. The molecule has 1 aromatic heterocycles. The van der Waals surface area contributed by atoms with E-state index < -0.39 is 14.9 Å². The Morgan fingerprint density at radius 3 is 2.41 bits per heavy atom. The van der Waals surface area contributed by atoms with Crippen LogP contribution >= 0.6 is 0 Å². The fourth-order valence-electron chi connectivity index (χ4n) is 4.64. The Balaban J connectivity index is 1.48. The number of rotatable bonds is 10. The second-order valence-corrected chi connectivity index (χ2v) is 11.1. The molecule has 0 aliphatic carbocycles. The Morgan fingerprint density at radius 2 is 1.76 bits per heavy atom. The van der Waals surface area contributed by atoms with Gasteiger partial charge in [-0.3, -0.25) is 20.3 Å². The van der Waals surface area contributed by atoms with Crippen LogP contribution in [0.2, 0.25) is 0 Å². The van der Waals surface area contributed by atoms with Crippen molar-refractivity contribution in [3.8, 4) is 11.4 Å². The van der Waals surface area contributed by atoms with Crippen molar-refractivity contribution in [2.75, 3.05) is 35.2 Å². The number of non-ortho nitro benzene ring substituents is 1. The maximum atomic E-state index is 13.4. The zero-order valence-corrected chi connectivity index (χ0v) is 23.3. The Hall–Kier alpha value is -4.91. The summed E-state index contributed by atoms with van der Waals surface area (Å²) < 4.78 is 36.2. The molecule has 41 heavy (non-hydrogen) atoms. The number of nitro benzene ring substituents is 1. The molecule has 2 N–H and O–H groups in total. The van der Waals surface area contributed by atoms with Crippen molar-refractivity contribution in [2.45, 2.75) is 24.7 Å². The molecule has 1 saturated heterocycles. The molecule has 0 radical (unpaired) electrons. The molecule has 2 heterocycles. The van der Waals surface area contributed by atoms with Gasteiger partial charge in [-0.25, -0.2) is 13.1 Å². The number of para-hydroxylation sites is 1. The minimum Gasteiger partial charge on any atom is -0.497 e. The van der Waals surface area contributed by atoms with Crippen molar-refractivity contribution in [1.29, 1.82) is 0 Å². The third kappa shape index (κ3) is 5.99. The van der Waals surface area contributed by atoms with Crippen LogP contribution in [0.25, 0.3) is 5.69 Å². The molecule has 0 saturated carbocycles. The lowest BCUT2D eigenvalue weighted by molar-refractivity contribution is -0.385. The van der Waals surface area contributed by atoms with Gasteiger partial charge in [0.05, 0.1) is 40.9 Å². The molecular weight excluding hydrogens is 546 g/mol. The number of sulfonamides is 1. The van der Waals surface area contributed by atoms with E-state index in [1.165, 1.54) is 31.4 Å². The quantitative estimate of drug-likeness (QED) is 0.154. The third-order valence-corrected chi connectivity index (χ3v) is 8.10. The number of nitro groups is 1. The van der Waals surface area contributed by atoms with E-state index in [-0.39, 0.29) is 22.0 Å². The molecule has 5 rings (SSSR count). The number of ether oxygens (including phenoxy) is 1. The highest BCUT2D eigenvalue weighted by Crippen LogP contribution is 2.31. The van der Waals surface area contributed by atoms with Gasteiger partial charge in [0.25, 0.3) is 15.7 Å². The number of benzene rings is 3. The van der Waals surface area contributed by atoms with Crippen molar-refractivity contribution < 1.29 is 18.1 Å². The van der Waals surface area contributed by atoms with Crippen molar-refractivity contribution >= 4 is 39.1 Å². The van der Waals surface area contributed by atoms with E-state index >= 15 is 0 Å². The molecule has 4 aromatic rings. The highest BCUT2D eigenvalue weighted by molar-refractivity contribution is 7.92. The number of aromatic nitrogens is 2. The molecule has 0 bridgehead atoms.